The van der Waals surface area contributed by atoms with Crippen LogP contribution >= 0.6 is 0 Å². The maximum absolute atomic E-state index is 3.95. The van der Waals surface area contributed by atoms with E-state index in [1.54, 1.807) is 0 Å². The first-order chi connectivity index (χ1) is 9.60. The van der Waals surface area contributed by atoms with E-state index in [1.165, 1.54) is 54.4 Å². The lowest BCUT2D eigenvalue weighted by Gasteiger charge is -2.15. The van der Waals surface area contributed by atoms with E-state index >= 15 is 0 Å². The first-order valence-electron chi connectivity index (χ1n) is 7.70. The summed E-state index contributed by atoms with van der Waals surface area (Å²) >= 11 is 0. The fourth-order valence-corrected chi connectivity index (χ4v) is 3.12. The van der Waals surface area contributed by atoms with Crippen LogP contribution in [0.3, 0.4) is 0 Å². The summed E-state index contributed by atoms with van der Waals surface area (Å²) in [4.78, 5) is 2.08. The van der Waals surface area contributed by atoms with Crippen LogP contribution in [0.2, 0.25) is 0 Å². The number of nitrogens with zero attached hydrogens (tertiary/aromatic N) is 1. The first kappa shape index (κ1) is 14.9. The Morgan fingerprint density at radius 1 is 1.30 bits per heavy atom. The molecule has 0 bridgehead atoms. The molecule has 0 aliphatic heterocycles. The molecule has 0 saturated heterocycles. The third kappa shape index (κ3) is 3.75. The molecule has 0 atom stereocenters. The van der Waals surface area contributed by atoms with Crippen molar-refractivity contribution < 1.29 is 0 Å². The zero-order chi connectivity index (χ0) is 14.5. The second-order valence-electron chi connectivity index (χ2n) is 6.25. The molecule has 0 spiro atoms. The van der Waals surface area contributed by atoms with Crippen molar-refractivity contribution >= 4 is 5.57 Å². The van der Waals surface area contributed by atoms with Crippen LogP contribution in [0.25, 0.3) is 5.57 Å². The van der Waals surface area contributed by atoms with Crippen molar-refractivity contribution in [1.82, 2.24) is 4.90 Å². The Labute approximate surface area is 124 Å². The molecule has 1 aliphatic rings. The highest BCUT2D eigenvalue weighted by Crippen LogP contribution is 2.30. The average molecular weight is 269 g/mol. The number of aryl methyl sites for hydroxylation is 1. The molecular weight excluding hydrogens is 242 g/mol. The molecule has 0 N–H and O–H groups in total. The van der Waals surface area contributed by atoms with E-state index in [2.05, 4.69) is 56.9 Å². The van der Waals surface area contributed by atoms with E-state index in [9.17, 15) is 0 Å². The highest BCUT2D eigenvalue weighted by molar-refractivity contribution is 5.73. The highest BCUT2D eigenvalue weighted by Gasteiger charge is 2.16. The van der Waals surface area contributed by atoms with E-state index in [-0.39, 0.29) is 0 Å². The van der Waals surface area contributed by atoms with E-state index in [0.717, 1.165) is 5.92 Å². The van der Waals surface area contributed by atoms with E-state index in [0.29, 0.717) is 0 Å². The van der Waals surface area contributed by atoms with Gasteiger partial charge >= 0.3 is 0 Å². The van der Waals surface area contributed by atoms with Crippen LogP contribution < -0.4 is 0 Å². The summed E-state index contributed by atoms with van der Waals surface area (Å²) < 4.78 is 0. The summed E-state index contributed by atoms with van der Waals surface area (Å²) in [6, 6.07) is 6.84. The van der Waals surface area contributed by atoms with Crippen molar-refractivity contribution in [3.05, 3.63) is 53.7 Å². The number of rotatable bonds is 5. The van der Waals surface area contributed by atoms with Crippen molar-refractivity contribution in [2.24, 2.45) is 5.92 Å². The van der Waals surface area contributed by atoms with Gasteiger partial charge in [0.05, 0.1) is 0 Å². The number of hydrogen-bond donors (Lipinski definition) is 0. The third-order valence-electron chi connectivity index (χ3n) is 4.28. The maximum atomic E-state index is 3.95. The second-order valence-corrected chi connectivity index (χ2v) is 6.25. The Bertz CT molecular complexity index is 490. The summed E-state index contributed by atoms with van der Waals surface area (Å²) in [7, 11) is 4.11. The summed E-state index contributed by atoms with van der Waals surface area (Å²) in [5.74, 6) is 0.897. The number of benzene rings is 1. The zero-order valence-corrected chi connectivity index (χ0v) is 13.2. The molecule has 2 rings (SSSR count). The topological polar surface area (TPSA) is 3.24 Å². The number of allylic oxidation sites excluding steroid dienone is 2. The fourth-order valence-electron chi connectivity index (χ4n) is 3.12. The van der Waals surface area contributed by atoms with Gasteiger partial charge in [0.1, 0.15) is 0 Å². The lowest BCUT2D eigenvalue weighted by Crippen LogP contribution is -2.04. The molecule has 108 valence electrons. The van der Waals surface area contributed by atoms with Crippen molar-refractivity contribution in [2.75, 3.05) is 14.1 Å². The molecule has 20 heavy (non-hydrogen) atoms. The van der Waals surface area contributed by atoms with Gasteiger partial charge < -0.3 is 4.90 Å². The van der Waals surface area contributed by atoms with E-state index in [4.69, 9.17) is 0 Å². The molecule has 0 heterocycles. The summed E-state index contributed by atoms with van der Waals surface area (Å²) in [5.41, 5.74) is 5.42. The van der Waals surface area contributed by atoms with Crippen LogP contribution in [0, 0.1) is 12.8 Å². The van der Waals surface area contributed by atoms with Gasteiger partial charge in [-0.1, -0.05) is 56.5 Å². The molecule has 1 fully saturated rings. The molecule has 0 amide bonds. The summed E-state index contributed by atoms with van der Waals surface area (Å²) in [5, 5.41) is 0. The highest BCUT2D eigenvalue weighted by atomic mass is 15.0. The van der Waals surface area contributed by atoms with E-state index < -0.39 is 0 Å². The Morgan fingerprint density at radius 2 is 2.00 bits per heavy atom. The minimum atomic E-state index is 0.897. The van der Waals surface area contributed by atoms with Crippen molar-refractivity contribution in [1.29, 1.82) is 0 Å². The van der Waals surface area contributed by atoms with Crippen LogP contribution in [-0.4, -0.2) is 19.0 Å². The monoisotopic (exact) mass is 269 g/mol. The predicted molar refractivity (Wildman–Crippen MR) is 88.7 cm³/mol. The van der Waals surface area contributed by atoms with Crippen LogP contribution in [0.15, 0.2) is 37.1 Å². The number of hydrogen-bond acceptors (Lipinski definition) is 1. The Kier molecular flexibility index (Phi) is 5.05. The molecule has 1 nitrogen and oxygen atoms in total. The molecule has 0 radical (unpaired) electrons. The Hall–Kier alpha value is -1.50. The van der Waals surface area contributed by atoms with Gasteiger partial charge in [-0.3, -0.25) is 0 Å². The van der Waals surface area contributed by atoms with E-state index in [1.807, 2.05) is 6.08 Å². The Balaban J connectivity index is 2.24. The minimum absolute atomic E-state index is 0.897. The zero-order valence-electron chi connectivity index (χ0n) is 13.2. The molecule has 1 aromatic carbocycles. The van der Waals surface area contributed by atoms with Crippen LogP contribution in [0.4, 0.5) is 0 Å². The first-order valence-corrected chi connectivity index (χ1v) is 7.70. The molecule has 1 aromatic rings. The predicted octanol–water partition coefficient (Wildman–Crippen LogP) is 4.82. The van der Waals surface area contributed by atoms with Gasteiger partial charge in [-0.05, 0) is 41.5 Å². The standard InChI is InChI=1S/C19H27N/c1-5-17(14-20(3)4)18-11-10-15(2)19(13-18)12-16-8-6-7-9-16/h5,10-11,13-14,16H,1,6-9,12H2,2-4H3/b17-14+. The SMILES string of the molecule is C=C/C(=C\N(C)C)c1ccc(C)c(CC2CCCC2)c1. The van der Waals surface area contributed by atoms with Crippen molar-refractivity contribution in [3.8, 4) is 0 Å². The van der Waals surface area contributed by atoms with Gasteiger partial charge in [-0.2, -0.15) is 0 Å². The smallest absolute Gasteiger partial charge is 0.00645 e. The fraction of sp³-hybridized carbons (Fsp3) is 0.474. The third-order valence-corrected chi connectivity index (χ3v) is 4.28. The molecule has 0 unspecified atom stereocenters. The lowest BCUT2D eigenvalue weighted by atomic mass is 9.92. The minimum Gasteiger partial charge on any atom is -0.383 e. The van der Waals surface area contributed by atoms with Crippen molar-refractivity contribution in [3.63, 3.8) is 0 Å². The largest absolute Gasteiger partial charge is 0.383 e. The van der Waals surface area contributed by atoms with Crippen LogP contribution in [-0.2, 0) is 6.42 Å². The van der Waals surface area contributed by atoms with Gasteiger partial charge in [0.2, 0.25) is 0 Å². The van der Waals surface area contributed by atoms with Crippen molar-refractivity contribution in [2.45, 2.75) is 39.0 Å². The van der Waals surface area contributed by atoms with Gasteiger partial charge in [0.15, 0.2) is 0 Å². The molecule has 1 aliphatic carbocycles. The van der Waals surface area contributed by atoms with Gasteiger partial charge in [0.25, 0.3) is 0 Å². The molecule has 1 saturated carbocycles. The lowest BCUT2D eigenvalue weighted by molar-refractivity contribution is 0.545. The van der Waals surface area contributed by atoms with Gasteiger partial charge in [-0.15, -0.1) is 0 Å². The maximum Gasteiger partial charge on any atom is 0.00645 e. The van der Waals surface area contributed by atoms with Gasteiger partial charge in [0, 0.05) is 20.3 Å². The summed E-state index contributed by atoms with van der Waals surface area (Å²) in [6.45, 7) is 6.18. The quantitative estimate of drug-likeness (QED) is 0.693. The molecule has 0 aromatic heterocycles. The summed E-state index contributed by atoms with van der Waals surface area (Å²) in [6.07, 6.45) is 11.0. The Morgan fingerprint density at radius 3 is 2.60 bits per heavy atom. The second kappa shape index (κ2) is 6.78. The molecular formula is C19H27N. The van der Waals surface area contributed by atoms with Crippen LogP contribution in [0.1, 0.15) is 42.4 Å². The average Bonchev–Trinajstić information content (AvgIpc) is 2.91. The van der Waals surface area contributed by atoms with Gasteiger partial charge in [-0.25, -0.2) is 0 Å². The normalized spacial score (nSPS) is 16.4. The van der Waals surface area contributed by atoms with Crippen LogP contribution in [0.5, 0.6) is 0 Å². The molecule has 1 heteroatoms.